The Morgan fingerprint density at radius 1 is 1.17 bits per heavy atom. The molecule has 0 saturated carbocycles. The van der Waals surface area contributed by atoms with Crippen molar-refractivity contribution in [3.63, 3.8) is 0 Å². The summed E-state index contributed by atoms with van der Waals surface area (Å²) in [7, 11) is 0. The summed E-state index contributed by atoms with van der Waals surface area (Å²) >= 11 is 0. The van der Waals surface area contributed by atoms with Gasteiger partial charge in [-0.25, -0.2) is 0 Å². The van der Waals surface area contributed by atoms with E-state index in [2.05, 4.69) is 32.6 Å². The van der Waals surface area contributed by atoms with E-state index in [1.165, 1.54) is 25.9 Å². The first kappa shape index (κ1) is 10.0. The number of hydrogen-bond acceptors (Lipinski definition) is 1. The molecule has 0 unspecified atom stereocenters. The van der Waals surface area contributed by atoms with Crippen LogP contribution in [-0.4, -0.2) is 24.0 Å². The summed E-state index contributed by atoms with van der Waals surface area (Å²) in [5.41, 5.74) is 0. The summed E-state index contributed by atoms with van der Waals surface area (Å²) in [6.45, 7) is 11.9. The van der Waals surface area contributed by atoms with Crippen LogP contribution in [0.1, 0.15) is 40.5 Å². The Morgan fingerprint density at radius 3 is 2.00 bits per heavy atom. The van der Waals surface area contributed by atoms with Crippen molar-refractivity contribution in [3.05, 3.63) is 0 Å². The molecule has 72 valence electrons. The molecule has 0 aromatic rings. The van der Waals surface area contributed by atoms with Gasteiger partial charge in [0.2, 0.25) is 0 Å². The zero-order chi connectivity index (χ0) is 9.14. The van der Waals surface area contributed by atoms with E-state index in [-0.39, 0.29) is 0 Å². The Labute approximate surface area is 77.1 Å². The molecule has 1 aliphatic rings. The maximum absolute atomic E-state index is 2.57. The number of rotatable bonds is 4. The number of nitrogens with zero attached hydrogens (tertiary/aromatic N) is 1. The summed E-state index contributed by atoms with van der Waals surface area (Å²) in [6, 6.07) is 0.760. The highest BCUT2D eigenvalue weighted by molar-refractivity contribution is 4.85. The molecule has 0 spiro atoms. The number of likely N-dealkylation sites (tertiary alicyclic amines) is 1. The van der Waals surface area contributed by atoms with E-state index in [9.17, 15) is 0 Å². The van der Waals surface area contributed by atoms with Crippen LogP contribution in [0.5, 0.6) is 0 Å². The summed E-state index contributed by atoms with van der Waals surface area (Å²) in [5.74, 6) is 1.99. The molecule has 1 nitrogen and oxygen atoms in total. The Balaban J connectivity index is 2.23. The second-order valence-electron chi connectivity index (χ2n) is 4.38. The maximum Gasteiger partial charge on any atom is 0.00388 e. The van der Waals surface area contributed by atoms with Gasteiger partial charge < -0.3 is 4.90 Å². The van der Waals surface area contributed by atoms with Crippen molar-refractivity contribution in [2.75, 3.05) is 13.1 Å². The molecule has 0 bridgehead atoms. The van der Waals surface area contributed by atoms with Gasteiger partial charge in [0.15, 0.2) is 0 Å². The van der Waals surface area contributed by atoms with Crippen LogP contribution >= 0.6 is 0 Å². The largest absolute Gasteiger partial charge is 0.300 e. The molecule has 0 radical (unpaired) electrons. The highest BCUT2D eigenvalue weighted by Crippen LogP contribution is 2.29. The Hall–Kier alpha value is -0.0400. The molecule has 0 aliphatic carbocycles. The van der Waals surface area contributed by atoms with Crippen molar-refractivity contribution in [2.24, 2.45) is 11.8 Å². The summed E-state index contributed by atoms with van der Waals surface area (Å²) < 4.78 is 0. The highest BCUT2D eigenvalue weighted by Gasteiger charge is 2.32. The van der Waals surface area contributed by atoms with Gasteiger partial charge >= 0.3 is 0 Å². The van der Waals surface area contributed by atoms with Crippen molar-refractivity contribution in [3.8, 4) is 0 Å². The lowest BCUT2D eigenvalue weighted by Crippen LogP contribution is -2.52. The van der Waals surface area contributed by atoms with Gasteiger partial charge in [-0.05, 0) is 25.7 Å². The van der Waals surface area contributed by atoms with Crippen LogP contribution in [-0.2, 0) is 0 Å². The molecule has 0 aromatic heterocycles. The lowest BCUT2D eigenvalue weighted by atomic mass is 9.82. The summed E-state index contributed by atoms with van der Waals surface area (Å²) in [4.78, 5) is 2.57. The average Bonchev–Trinajstić information content (AvgIpc) is 1.94. The van der Waals surface area contributed by atoms with Crippen molar-refractivity contribution in [1.82, 2.24) is 4.90 Å². The van der Waals surface area contributed by atoms with E-state index < -0.39 is 0 Å². The zero-order valence-electron chi connectivity index (χ0n) is 9.01. The van der Waals surface area contributed by atoms with Crippen LogP contribution in [0.15, 0.2) is 0 Å². The fourth-order valence-corrected chi connectivity index (χ4v) is 2.22. The van der Waals surface area contributed by atoms with Crippen molar-refractivity contribution in [1.29, 1.82) is 0 Å². The van der Waals surface area contributed by atoms with E-state index in [1.807, 2.05) is 0 Å². The third-order valence-corrected chi connectivity index (χ3v) is 3.38. The second kappa shape index (κ2) is 4.27. The molecule has 12 heavy (non-hydrogen) atoms. The lowest BCUT2D eigenvalue weighted by molar-refractivity contribution is 0.0286. The predicted molar refractivity (Wildman–Crippen MR) is 54.3 cm³/mol. The molecule has 1 rings (SSSR count). The summed E-state index contributed by atoms with van der Waals surface area (Å²) in [5, 5.41) is 0. The maximum atomic E-state index is 2.57. The predicted octanol–water partition coefficient (Wildman–Crippen LogP) is 2.76. The van der Waals surface area contributed by atoms with Crippen molar-refractivity contribution >= 4 is 0 Å². The molecule has 1 heteroatoms. The number of hydrogen-bond donors (Lipinski definition) is 0. The minimum Gasteiger partial charge on any atom is -0.300 e. The van der Waals surface area contributed by atoms with Crippen LogP contribution in [0, 0.1) is 11.8 Å². The van der Waals surface area contributed by atoms with Gasteiger partial charge in [-0.2, -0.15) is 0 Å². The van der Waals surface area contributed by atoms with Crippen LogP contribution in [0.3, 0.4) is 0 Å². The topological polar surface area (TPSA) is 3.24 Å². The molecule has 0 amide bonds. The first-order valence-electron chi connectivity index (χ1n) is 5.43. The smallest absolute Gasteiger partial charge is 0.00388 e. The van der Waals surface area contributed by atoms with Gasteiger partial charge in [0.1, 0.15) is 0 Å². The molecular weight excluding hydrogens is 146 g/mol. The van der Waals surface area contributed by atoms with E-state index in [0.29, 0.717) is 0 Å². The standard InChI is InChI=1S/C11H23N/c1-5-10(6-2)11-7-12(8-11)9(3)4/h9-11H,5-8H2,1-4H3. The van der Waals surface area contributed by atoms with Gasteiger partial charge in [-0.1, -0.05) is 26.7 Å². The Bertz CT molecular complexity index is 121. The fourth-order valence-electron chi connectivity index (χ4n) is 2.22. The Morgan fingerprint density at radius 2 is 1.67 bits per heavy atom. The first-order chi connectivity index (χ1) is 5.69. The van der Waals surface area contributed by atoms with E-state index in [4.69, 9.17) is 0 Å². The molecule has 1 aliphatic heterocycles. The SMILES string of the molecule is CCC(CC)C1CN(C(C)C)C1. The fraction of sp³-hybridized carbons (Fsp3) is 1.00. The van der Waals surface area contributed by atoms with Gasteiger partial charge in [0, 0.05) is 19.1 Å². The van der Waals surface area contributed by atoms with Crippen molar-refractivity contribution < 1.29 is 0 Å². The van der Waals surface area contributed by atoms with Crippen LogP contribution in [0.25, 0.3) is 0 Å². The molecular formula is C11H23N. The molecule has 0 aromatic carbocycles. The highest BCUT2D eigenvalue weighted by atomic mass is 15.2. The lowest BCUT2D eigenvalue weighted by Gasteiger charge is -2.45. The van der Waals surface area contributed by atoms with Gasteiger partial charge in [-0.3, -0.25) is 0 Å². The zero-order valence-corrected chi connectivity index (χ0v) is 9.01. The van der Waals surface area contributed by atoms with E-state index >= 15 is 0 Å². The normalized spacial score (nSPS) is 20.5. The molecule has 0 atom stereocenters. The van der Waals surface area contributed by atoms with E-state index in [1.54, 1.807) is 0 Å². The molecule has 0 N–H and O–H groups in total. The third kappa shape index (κ3) is 2.01. The minimum absolute atomic E-state index is 0.760. The molecule has 1 saturated heterocycles. The van der Waals surface area contributed by atoms with Gasteiger partial charge in [0.05, 0.1) is 0 Å². The molecule has 1 fully saturated rings. The minimum atomic E-state index is 0.760. The van der Waals surface area contributed by atoms with Crippen molar-refractivity contribution in [2.45, 2.75) is 46.6 Å². The first-order valence-corrected chi connectivity index (χ1v) is 5.43. The van der Waals surface area contributed by atoms with Crippen LogP contribution in [0.2, 0.25) is 0 Å². The van der Waals surface area contributed by atoms with Crippen LogP contribution in [0.4, 0.5) is 0 Å². The van der Waals surface area contributed by atoms with Gasteiger partial charge in [-0.15, -0.1) is 0 Å². The van der Waals surface area contributed by atoms with Gasteiger partial charge in [0.25, 0.3) is 0 Å². The van der Waals surface area contributed by atoms with Crippen LogP contribution < -0.4 is 0 Å². The monoisotopic (exact) mass is 169 g/mol. The molecule has 1 heterocycles. The quantitative estimate of drug-likeness (QED) is 0.625. The third-order valence-electron chi connectivity index (χ3n) is 3.38. The average molecular weight is 169 g/mol. The summed E-state index contributed by atoms with van der Waals surface area (Å²) in [6.07, 6.45) is 2.74. The second-order valence-corrected chi connectivity index (χ2v) is 4.38. The van der Waals surface area contributed by atoms with E-state index in [0.717, 1.165) is 17.9 Å². The Kier molecular flexibility index (Phi) is 3.57.